The van der Waals surface area contributed by atoms with Gasteiger partial charge in [0.15, 0.2) is 0 Å². The summed E-state index contributed by atoms with van der Waals surface area (Å²) in [6.45, 7) is 3.95. The molecule has 1 amide bonds. The minimum atomic E-state index is -4.50. The maximum absolute atomic E-state index is 13.9. The van der Waals surface area contributed by atoms with Gasteiger partial charge >= 0.3 is 6.18 Å². The summed E-state index contributed by atoms with van der Waals surface area (Å²) in [5.41, 5.74) is 1.71. The van der Waals surface area contributed by atoms with Crippen molar-refractivity contribution >= 4 is 5.91 Å². The SMILES string of the molecule is CCNC(=O)[C@@H](N[C@@H](CCc1ccc(C(F)(F)F)nc1)c1ccc(F)c(C)c1)c1ccccc1. The number of halogens is 4. The number of amides is 1. The normalized spacial score (nSPS) is 13.4. The van der Waals surface area contributed by atoms with Crippen LogP contribution in [0.3, 0.4) is 0 Å². The maximum atomic E-state index is 13.9. The van der Waals surface area contributed by atoms with Crippen LogP contribution in [0.25, 0.3) is 0 Å². The van der Waals surface area contributed by atoms with E-state index in [1.807, 2.05) is 37.3 Å². The lowest BCUT2D eigenvalue weighted by atomic mass is 9.95. The van der Waals surface area contributed by atoms with Crippen LogP contribution in [-0.2, 0) is 17.4 Å². The average molecular weight is 474 g/mol. The summed E-state index contributed by atoms with van der Waals surface area (Å²) in [5, 5.41) is 6.23. The van der Waals surface area contributed by atoms with Gasteiger partial charge in [-0.15, -0.1) is 0 Å². The van der Waals surface area contributed by atoms with Crippen LogP contribution >= 0.6 is 0 Å². The Hall–Kier alpha value is -3.26. The number of aromatic nitrogens is 1. The van der Waals surface area contributed by atoms with E-state index in [4.69, 9.17) is 0 Å². The second kappa shape index (κ2) is 11.2. The Morgan fingerprint density at radius 1 is 1.03 bits per heavy atom. The number of rotatable bonds is 9. The molecule has 0 spiro atoms. The van der Waals surface area contributed by atoms with Crippen molar-refractivity contribution in [3.63, 3.8) is 0 Å². The Morgan fingerprint density at radius 2 is 1.76 bits per heavy atom. The summed E-state index contributed by atoms with van der Waals surface area (Å²) in [5.74, 6) is -0.536. The second-order valence-electron chi connectivity index (χ2n) is 8.05. The molecule has 0 aliphatic heterocycles. The van der Waals surface area contributed by atoms with Crippen molar-refractivity contribution in [3.05, 3.63) is 101 Å². The summed E-state index contributed by atoms with van der Waals surface area (Å²) < 4.78 is 52.4. The molecular weight excluding hydrogens is 446 g/mol. The van der Waals surface area contributed by atoms with Crippen LogP contribution < -0.4 is 10.6 Å². The van der Waals surface area contributed by atoms with E-state index in [-0.39, 0.29) is 17.8 Å². The van der Waals surface area contributed by atoms with Crippen molar-refractivity contribution in [2.24, 2.45) is 0 Å². The molecule has 0 aliphatic carbocycles. The molecule has 0 radical (unpaired) electrons. The third kappa shape index (κ3) is 6.63. The summed E-state index contributed by atoms with van der Waals surface area (Å²) >= 11 is 0. The molecule has 0 aliphatic rings. The smallest absolute Gasteiger partial charge is 0.355 e. The molecule has 1 aromatic heterocycles. The predicted molar refractivity (Wildman–Crippen MR) is 122 cm³/mol. The molecule has 8 heteroatoms. The third-order valence-electron chi connectivity index (χ3n) is 5.54. The van der Waals surface area contributed by atoms with E-state index >= 15 is 0 Å². The zero-order chi connectivity index (χ0) is 24.7. The van der Waals surface area contributed by atoms with Crippen molar-refractivity contribution < 1.29 is 22.4 Å². The number of nitrogens with zero attached hydrogens (tertiary/aromatic N) is 1. The Labute approximate surface area is 196 Å². The van der Waals surface area contributed by atoms with E-state index < -0.39 is 17.9 Å². The van der Waals surface area contributed by atoms with E-state index in [1.54, 1.807) is 19.1 Å². The molecular formula is C26H27F4N3O. The van der Waals surface area contributed by atoms with Gasteiger partial charge in [-0.2, -0.15) is 13.2 Å². The average Bonchev–Trinajstić information content (AvgIpc) is 2.81. The minimum Gasteiger partial charge on any atom is -0.355 e. The molecule has 0 saturated heterocycles. The molecule has 2 aromatic carbocycles. The highest BCUT2D eigenvalue weighted by atomic mass is 19.4. The van der Waals surface area contributed by atoms with Gasteiger partial charge in [0.25, 0.3) is 0 Å². The van der Waals surface area contributed by atoms with Gasteiger partial charge in [-0.05, 0) is 61.1 Å². The molecule has 0 bridgehead atoms. The zero-order valence-electron chi connectivity index (χ0n) is 19.0. The maximum Gasteiger partial charge on any atom is 0.433 e. The lowest BCUT2D eigenvalue weighted by Crippen LogP contribution is -2.39. The fourth-order valence-corrected chi connectivity index (χ4v) is 3.73. The van der Waals surface area contributed by atoms with Crippen molar-refractivity contribution in [2.45, 2.75) is 44.9 Å². The summed E-state index contributed by atoms with van der Waals surface area (Å²) in [6.07, 6.45) is -2.41. The number of pyridine rings is 1. The largest absolute Gasteiger partial charge is 0.433 e. The van der Waals surface area contributed by atoms with Crippen molar-refractivity contribution in [1.82, 2.24) is 15.6 Å². The molecule has 0 unspecified atom stereocenters. The van der Waals surface area contributed by atoms with Crippen LogP contribution in [0.2, 0.25) is 0 Å². The van der Waals surface area contributed by atoms with Gasteiger partial charge in [-0.3, -0.25) is 15.1 Å². The lowest BCUT2D eigenvalue weighted by Gasteiger charge is -2.26. The van der Waals surface area contributed by atoms with Gasteiger partial charge in [0.2, 0.25) is 5.91 Å². The molecule has 3 aromatic rings. The van der Waals surface area contributed by atoms with E-state index in [9.17, 15) is 22.4 Å². The number of carbonyl (C=O) groups is 1. The molecule has 0 saturated carbocycles. The summed E-state index contributed by atoms with van der Waals surface area (Å²) in [4.78, 5) is 16.4. The fraction of sp³-hybridized carbons (Fsp3) is 0.308. The fourth-order valence-electron chi connectivity index (χ4n) is 3.73. The van der Waals surface area contributed by atoms with Gasteiger partial charge < -0.3 is 5.32 Å². The standard InChI is InChI=1S/C26H27F4N3O/c1-3-31-25(34)24(19-7-5-4-6-8-19)33-22(20-11-12-21(27)17(2)15-20)13-9-18-10-14-23(32-16-18)26(28,29)30/h4-8,10-12,14-16,22,24,33H,3,9,13H2,1-2H3,(H,31,34)/t22-,24-/m0/s1. The Morgan fingerprint density at radius 3 is 2.35 bits per heavy atom. The van der Waals surface area contributed by atoms with Crippen LogP contribution in [0.5, 0.6) is 0 Å². The molecule has 2 N–H and O–H groups in total. The van der Waals surface area contributed by atoms with E-state index in [1.165, 1.54) is 18.3 Å². The molecule has 1 heterocycles. The first-order chi connectivity index (χ1) is 16.2. The number of aryl methyl sites for hydroxylation is 2. The van der Waals surface area contributed by atoms with E-state index in [2.05, 4.69) is 15.6 Å². The number of hydrogen-bond acceptors (Lipinski definition) is 3. The predicted octanol–water partition coefficient (Wildman–Crippen LogP) is 5.69. The van der Waals surface area contributed by atoms with Crippen LogP contribution in [-0.4, -0.2) is 17.4 Å². The van der Waals surface area contributed by atoms with Gasteiger partial charge in [-0.1, -0.05) is 48.5 Å². The second-order valence-corrected chi connectivity index (χ2v) is 8.05. The van der Waals surface area contributed by atoms with Crippen LogP contribution in [0.15, 0.2) is 66.9 Å². The first-order valence-corrected chi connectivity index (χ1v) is 11.1. The highest BCUT2D eigenvalue weighted by Gasteiger charge is 2.32. The quantitative estimate of drug-likeness (QED) is 0.393. The molecule has 180 valence electrons. The Kier molecular flexibility index (Phi) is 8.39. The number of likely N-dealkylation sites (N-methyl/N-ethyl adjacent to an activating group) is 1. The van der Waals surface area contributed by atoms with Gasteiger partial charge in [0.1, 0.15) is 17.6 Å². The number of alkyl halides is 3. The van der Waals surface area contributed by atoms with Crippen molar-refractivity contribution in [3.8, 4) is 0 Å². The molecule has 2 atom stereocenters. The van der Waals surface area contributed by atoms with Crippen molar-refractivity contribution in [1.29, 1.82) is 0 Å². The van der Waals surface area contributed by atoms with E-state index in [0.717, 1.165) is 17.2 Å². The van der Waals surface area contributed by atoms with Gasteiger partial charge in [0, 0.05) is 18.8 Å². The van der Waals surface area contributed by atoms with Gasteiger partial charge in [0.05, 0.1) is 0 Å². The van der Waals surface area contributed by atoms with Crippen LogP contribution in [0.4, 0.5) is 17.6 Å². The third-order valence-corrected chi connectivity index (χ3v) is 5.54. The van der Waals surface area contributed by atoms with Crippen LogP contribution in [0, 0.1) is 12.7 Å². The Balaban J connectivity index is 1.88. The molecule has 4 nitrogen and oxygen atoms in total. The molecule has 3 rings (SSSR count). The zero-order valence-corrected chi connectivity index (χ0v) is 19.0. The number of nitrogens with one attached hydrogen (secondary N) is 2. The lowest BCUT2D eigenvalue weighted by molar-refractivity contribution is -0.141. The van der Waals surface area contributed by atoms with Gasteiger partial charge in [-0.25, -0.2) is 4.39 Å². The van der Waals surface area contributed by atoms with Crippen LogP contribution in [0.1, 0.15) is 53.4 Å². The number of benzene rings is 2. The number of carbonyl (C=O) groups excluding carboxylic acids is 1. The Bertz CT molecular complexity index is 1090. The monoisotopic (exact) mass is 473 g/mol. The van der Waals surface area contributed by atoms with E-state index in [0.29, 0.717) is 30.5 Å². The number of hydrogen-bond donors (Lipinski definition) is 2. The molecule has 34 heavy (non-hydrogen) atoms. The first kappa shape index (κ1) is 25.4. The summed E-state index contributed by atoms with van der Waals surface area (Å²) in [6, 6.07) is 15.3. The topological polar surface area (TPSA) is 54.0 Å². The summed E-state index contributed by atoms with van der Waals surface area (Å²) in [7, 11) is 0. The van der Waals surface area contributed by atoms with Crippen molar-refractivity contribution in [2.75, 3.05) is 6.54 Å². The first-order valence-electron chi connectivity index (χ1n) is 11.1. The molecule has 0 fully saturated rings. The highest BCUT2D eigenvalue weighted by Crippen LogP contribution is 2.29. The minimum absolute atomic E-state index is 0.200. The highest BCUT2D eigenvalue weighted by molar-refractivity contribution is 5.83.